The van der Waals surface area contributed by atoms with E-state index in [-0.39, 0.29) is 18.8 Å². The second-order valence-electron chi connectivity index (χ2n) is 3.75. The maximum Gasteiger partial charge on any atom is 0.310 e. The van der Waals surface area contributed by atoms with Crippen LogP contribution < -0.4 is 0 Å². The monoisotopic (exact) mass is 314 g/mol. The maximum absolute atomic E-state index is 11.5. The summed E-state index contributed by atoms with van der Waals surface area (Å²) in [6.45, 7) is 2.10. The van der Waals surface area contributed by atoms with Crippen molar-refractivity contribution >= 4 is 27.9 Å². The highest BCUT2D eigenvalue weighted by atomic mass is 79.9. The van der Waals surface area contributed by atoms with Crippen molar-refractivity contribution in [2.45, 2.75) is 26.2 Å². The molecule has 0 unspecified atom stereocenters. The molecule has 0 saturated carbocycles. The Morgan fingerprint density at radius 2 is 2.11 bits per heavy atom. The van der Waals surface area contributed by atoms with Crippen LogP contribution in [0.1, 0.15) is 24.5 Å². The number of hydrogen-bond donors (Lipinski definition) is 1. The third kappa shape index (κ3) is 4.49. The maximum atomic E-state index is 11.5. The fourth-order valence-corrected chi connectivity index (χ4v) is 2.25. The molecule has 0 aliphatic heterocycles. The first kappa shape index (κ1) is 14.7. The van der Waals surface area contributed by atoms with Gasteiger partial charge in [-0.05, 0) is 30.5 Å². The first-order chi connectivity index (χ1) is 8.54. The molecule has 0 saturated heterocycles. The van der Waals surface area contributed by atoms with E-state index in [2.05, 4.69) is 15.9 Å². The molecular formula is C13H15BrO4. The van der Waals surface area contributed by atoms with Gasteiger partial charge < -0.3 is 9.84 Å². The molecule has 0 bridgehead atoms. The number of halogens is 1. The molecular weight excluding hydrogens is 300 g/mol. The minimum atomic E-state index is -0.854. The molecule has 1 aromatic carbocycles. The summed E-state index contributed by atoms with van der Waals surface area (Å²) in [6.07, 6.45) is 0.603. The Kier molecular flexibility index (Phi) is 5.85. The molecule has 0 spiro atoms. The van der Waals surface area contributed by atoms with Crippen molar-refractivity contribution < 1.29 is 19.4 Å². The molecule has 0 aliphatic carbocycles. The largest absolute Gasteiger partial charge is 0.481 e. The van der Waals surface area contributed by atoms with Gasteiger partial charge in [-0.3, -0.25) is 9.59 Å². The molecule has 0 radical (unpaired) electrons. The minimum Gasteiger partial charge on any atom is -0.481 e. The molecule has 0 aliphatic rings. The average molecular weight is 315 g/mol. The Bertz CT molecular complexity index is 443. The summed E-state index contributed by atoms with van der Waals surface area (Å²) >= 11 is 3.38. The number of carbonyl (C=O) groups excluding carboxylic acids is 1. The number of rotatable bonds is 6. The highest BCUT2D eigenvalue weighted by Gasteiger charge is 2.12. The number of benzene rings is 1. The lowest BCUT2D eigenvalue weighted by Gasteiger charge is -2.10. The zero-order chi connectivity index (χ0) is 13.5. The minimum absolute atomic E-state index is 0.0401. The Morgan fingerprint density at radius 1 is 1.39 bits per heavy atom. The van der Waals surface area contributed by atoms with Crippen molar-refractivity contribution in [1.29, 1.82) is 0 Å². The number of ether oxygens (including phenoxy) is 1. The number of hydrogen-bond acceptors (Lipinski definition) is 3. The van der Waals surface area contributed by atoms with Crippen LogP contribution in [-0.2, 0) is 27.2 Å². The Morgan fingerprint density at radius 3 is 2.72 bits per heavy atom. The molecule has 1 rings (SSSR count). The van der Waals surface area contributed by atoms with Crippen LogP contribution in [0, 0.1) is 0 Å². The predicted molar refractivity (Wildman–Crippen MR) is 70.4 cm³/mol. The predicted octanol–water partition coefficient (Wildman–Crippen LogP) is 2.57. The zero-order valence-corrected chi connectivity index (χ0v) is 11.7. The SMILES string of the molecule is CCOC(=O)Cc1cccc(Br)c1CCC(=O)O. The summed E-state index contributed by atoms with van der Waals surface area (Å²) in [5.74, 6) is -1.15. The molecule has 98 valence electrons. The van der Waals surface area contributed by atoms with Gasteiger partial charge in [-0.15, -0.1) is 0 Å². The number of aliphatic carboxylic acids is 1. The highest BCUT2D eigenvalue weighted by molar-refractivity contribution is 9.10. The lowest BCUT2D eigenvalue weighted by Crippen LogP contribution is -2.10. The third-order valence-corrected chi connectivity index (χ3v) is 3.19. The van der Waals surface area contributed by atoms with Gasteiger partial charge in [0.25, 0.3) is 0 Å². The van der Waals surface area contributed by atoms with Crippen LogP contribution >= 0.6 is 15.9 Å². The summed E-state index contributed by atoms with van der Waals surface area (Å²) in [4.78, 5) is 22.1. The summed E-state index contributed by atoms with van der Waals surface area (Å²) in [7, 11) is 0. The number of esters is 1. The van der Waals surface area contributed by atoms with Crippen LogP contribution in [0.2, 0.25) is 0 Å². The first-order valence-corrected chi connectivity index (χ1v) is 6.47. The van der Waals surface area contributed by atoms with Gasteiger partial charge in [0.2, 0.25) is 0 Å². The lowest BCUT2D eigenvalue weighted by atomic mass is 10.0. The Balaban J connectivity index is 2.85. The van der Waals surface area contributed by atoms with E-state index < -0.39 is 5.97 Å². The molecule has 0 fully saturated rings. The van der Waals surface area contributed by atoms with Gasteiger partial charge in [0.1, 0.15) is 0 Å². The molecule has 4 nitrogen and oxygen atoms in total. The van der Waals surface area contributed by atoms with Gasteiger partial charge in [-0.25, -0.2) is 0 Å². The van der Waals surface area contributed by atoms with Gasteiger partial charge in [0.15, 0.2) is 0 Å². The van der Waals surface area contributed by atoms with Gasteiger partial charge in [-0.2, -0.15) is 0 Å². The van der Waals surface area contributed by atoms with E-state index in [0.29, 0.717) is 13.0 Å². The average Bonchev–Trinajstić information content (AvgIpc) is 2.28. The van der Waals surface area contributed by atoms with Crippen LogP contribution in [0.15, 0.2) is 22.7 Å². The summed E-state index contributed by atoms with van der Waals surface area (Å²) in [5, 5.41) is 8.72. The van der Waals surface area contributed by atoms with Crippen LogP contribution in [0.25, 0.3) is 0 Å². The Labute approximate surface area is 114 Å². The fraction of sp³-hybridized carbons (Fsp3) is 0.385. The first-order valence-electron chi connectivity index (χ1n) is 5.68. The van der Waals surface area contributed by atoms with Crippen LogP contribution in [0.3, 0.4) is 0 Å². The second kappa shape index (κ2) is 7.16. The van der Waals surface area contributed by atoms with Crippen molar-refractivity contribution in [3.8, 4) is 0 Å². The smallest absolute Gasteiger partial charge is 0.310 e. The lowest BCUT2D eigenvalue weighted by molar-refractivity contribution is -0.142. The standard InChI is InChI=1S/C13H15BrO4/c1-2-18-13(17)8-9-4-3-5-11(14)10(9)6-7-12(15)16/h3-5H,2,6-8H2,1H3,(H,15,16). The fourth-order valence-electron chi connectivity index (χ4n) is 1.65. The van der Waals surface area contributed by atoms with E-state index in [1.54, 1.807) is 6.92 Å². The van der Waals surface area contributed by atoms with Crippen molar-refractivity contribution in [2.24, 2.45) is 0 Å². The summed E-state index contributed by atoms with van der Waals surface area (Å²) in [6, 6.07) is 5.48. The Hall–Kier alpha value is -1.36. The van der Waals surface area contributed by atoms with Crippen LogP contribution in [0.5, 0.6) is 0 Å². The van der Waals surface area contributed by atoms with Gasteiger partial charge in [0, 0.05) is 10.9 Å². The summed E-state index contributed by atoms with van der Waals surface area (Å²) in [5.41, 5.74) is 1.66. The molecule has 5 heteroatoms. The van der Waals surface area contributed by atoms with E-state index in [1.165, 1.54) is 0 Å². The third-order valence-electron chi connectivity index (χ3n) is 2.44. The van der Waals surface area contributed by atoms with Crippen molar-refractivity contribution in [2.75, 3.05) is 6.61 Å². The number of carboxylic acids is 1. The number of carboxylic acid groups (broad SMARTS) is 1. The molecule has 0 heterocycles. The molecule has 18 heavy (non-hydrogen) atoms. The molecule has 1 aromatic rings. The number of carbonyl (C=O) groups is 2. The van der Waals surface area contributed by atoms with Crippen LogP contribution in [-0.4, -0.2) is 23.7 Å². The van der Waals surface area contributed by atoms with Crippen molar-refractivity contribution in [1.82, 2.24) is 0 Å². The molecule has 0 aromatic heterocycles. The van der Waals surface area contributed by atoms with Crippen molar-refractivity contribution in [3.05, 3.63) is 33.8 Å². The second-order valence-corrected chi connectivity index (χ2v) is 4.61. The van der Waals surface area contributed by atoms with Gasteiger partial charge in [0.05, 0.1) is 13.0 Å². The van der Waals surface area contributed by atoms with Crippen molar-refractivity contribution in [3.63, 3.8) is 0 Å². The van der Waals surface area contributed by atoms with E-state index >= 15 is 0 Å². The normalized spacial score (nSPS) is 10.1. The van der Waals surface area contributed by atoms with E-state index in [4.69, 9.17) is 9.84 Å². The van der Waals surface area contributed by atoms with Crippen LogP contribution in [0.4, 0.5) is 0 Å². The summed E-state index contributed by atoms with van der Waals surface area (Å²) < 4.78 is 5.72. The topological polar surface area (TPSA) is 63.6 Å². The quantitative estimate of drug-likeness (QED) is 0.820. The highest BCUT2D eigenvalue weighted by Crippen LogP contribution is 2.23. The molecule has 0 amide bonds. The molecule has 0 atom stereocenters. The van der Waals surface area contributed by atoms with Gasteiger partial charge in [-0.1, -0.05) is 28.1 Å². The van der Waals surface area contributed by atoms with E-state index in [0.717, 1.165) is 15.6 Å². The van der Waals surface area contributed by atoms with Gasteiger partial charge >= 0.3 is 11.9 Å². The zero-order valence-electron chi connectivity index (χ0n) is 10.1. The van der Waals surface area contributed by atoms with E-state index in [9.17, 15) is 9.59 Å². The molecule has 1 N–H and O–H groups in total. The van der Waals surface area contributed by atoms with E-state index in [1.807, 2.05) is 18.2 Å².